The predicted octanol–water partition coefficient (Wildman–Crippen LogP) is 0.835. The summed E-state index contributed by atoms with van der Waals surface area (Å²) in [4.78, 5) is 27.7. The molecule has 3 N–H and O–H groups in total. The van der Waals surface area contributed by atoms with E-state index in [1.54, 1.807) is 0 Å². The third-order valence-corrected chi connectivity index (χ3v) is 6.35. The molecule has 1 aromatic rings. The van der Waals surface area contributed by atoms with Gasteiger partial charge in [0, 0.05) is 19.3 Å². The molecule has 1 unspecified atom stereocenters. The number of nitrogens with one attached hydrogen (secondary N) is 2. The number of nitrogens with zero attached hydrogens (tertiary/aromatic N) is 1. The van der Waals surface area contributed by atoms with Gasteiger partial charge in [-0.05, 0) is 36.8 Å². The zero-order chi connectivity index (χ0) is 20.0. The molecule has 0 spiro atoms. The predicted molar refractivity (Wildman–Crippen MR) is 101 cm³/mol. The number of pyridine rings is 1. The Hall–Kier alpha value is -2.00. The number of amides is 1. The van der Waals surface area contributed by atoms with Gasteiger partial charge in [0.05, 0.1) is 28.8 Å². The number of aromatic carboxylic acids is 1. The van der Waals surface area contributed by atoms with Gasteiger partial charge in [-0.2, -0.15) is 0 Å². The summed E-state index contributed by atoms with van der Waals surface area (Å²) in [6.45, 7) is 4.63. The standard InChI is InChI=1S/C18H27N3O5S/c1-12(2)7-16(17(22)21-9-13-4-6-27(25,26)11-13)20-10-15-8-14(18(23)24)3-5-19-15/h3,5,8,12-13,16,20H,4,6-7,9-11H2,1-2H3,(H,21,22)(H,23,24)/t13?,16-/m0/s1. The topological polar surface area (TPSA) is 125 Å². The number of carbonyl (C=O) groups is 2. The van der Waals surface area contributed by atoms with E-state index in [-0.39, 0.29) is 41.4 Å². The van der Waals surface area contributed by atoms with Gasteiger partial charge in [-0.15, -0.1) is 0 Å². The lowest BCUT2D eigenvalue weighted by atomic mass is 10.0. The van der Waals surface area contributed by atoms with E-state index in [0.29, 0.717) is 25.1 Å². The number of hydrogen-bond donors (Lipinski definition) is 3. The summed E-state index contributed by atoms with van der Waals surface area (Å²) < 4.78 is 23.1. The number of carboxylic acids is 1. The Morgan fingerprint density at radius 3 is 2.70 bits per heavy atom. The first kappa shape index (κ1) is 21.3. The molecule has 1 amide bonds. The maximum Gasteiger partial charge on any atom is 0.335 e. The highest BCUT2D eigenvalue weighted by Crippen LogP contribution is 2.17. The number of hydrogen-bond acceptors (Lipinski definition) is 6. The minimum absolute atomic E-state index is 0.0347. The van der Waals surface area contributed by atoms with Gasteiger partial charge in [-0.25, -0.2) is 13.2 Å². The average molecular weight is 397 g/mol. The van der Waals surface area contributed by atoms with Crippen molar-refractivity contribution < 1.29 is 23.1 Å². The van der Waals surface area contributed by atoms with Crippen molar-refractivity contribution in [1.29, 1.82) is 0 Å². The molecule has 1 saturated heterocycles. The van der Waals surface area contributed by atoms with Gasteiger partial charge in [0.15, 0.2) is 9.84 Å². The van der Waals surface area contributed by atoms with E-state index in [9.17, 15) is 18.0 Å². The van der Waals surface area contributed by atoms with Crippen molar-refractivity contribution in [2.75, 3.05) is 18.1 Å². The molecular weight excluding hydrogens is 370 g/mol. The Kier molecular flexibility index (Phi) is 7.32. The maximum absolute atomic E-state index is 12.6. The number of carboxylic acid groups (broad SMARTS) is 1. The summed E-state index contributed by atoms with van der Waals surface area (Å²) in [6.07, 6.45) is 2.61. The van der Waals surface area contributed by atoms with Crippen LogP contribution in [0.15, 0.2) is 18.3 Å². The molecule has 1 aliphatic rings. The monoisotopic (exact) mass is 397 g/mol. The van der Waals surface area contributed by atoms with Crippen molar-refractivity contribution >= 4 is 21.7 Å². The van der Waals surface area contributed by atoms with Crippen LogP contribution in [0.4, 0.5) is 0 Å². The Morgan fingerprint density at radius 1 is 1.37 bits per heavy atom. The van der Waals surface area contributed by atoms with Gasteiger partial charge in [-0.1, -0.05) is 13.8 Å². The molecule has 150 valence electrons. The lowest BCUT2D eigenvalue weighted by Crippen LogP contribution is -2.46. The zero-order valence-corrected chi connectivity index (χ0v) is 16.5. The van der Waals surface area contributed by atoms with Gasteiger partial charge >= 0.3 is 5.97 Å². The number of sulfone groups is 1. The van der Waals surface area contributed by atoms with Crippen LogP contribution in [-0.2, 0) is 21.2 Å². The second-order valence-electron chi connectivity index (χ2n) is 7.42. The van der Waals surface area contributed by atoms with Gasteiger partial charge in [0.2, 0.25) is 5.91 Å². The fourth-order valence-corrected chi connectivity index (χ4v) is 4.95. The van der Waals surface area contributed by atoms with Crippen LogP contribution in [0.1, 0.15) is 42.7 Å². The van der Waals surface area contributed by atoms with Crippen LogP contribution in [0.3, 0.4) is 0 Å². The van der Waals surface area contributed by atoms with Crippen molar-refractivity contribution in [3.8, 4) is 0 Å². The summed E-state index contributed by atoms with van der Waals surface area (Å²) in [7, 11) is -2.96. The number of rotatable bonds is 9. The second-order valence-corrected chi connectivity index (χ2v) is 9.65. The molecule has 0 saturated carbocycles. The summed E-state index contributed by atoms with van der Waals surface area (Å²) in [5, 5.41) is 15.0. The maximum atomic E-state index is 12.6. The van der Waals surface area contributed by atoms with E-state index in [4.69, 9.17) is 5.11 Å². The van der Waals surface area contributed by atoms with Crippen LogP contribution >= 0.6 is 0 Å². The molecule has 9 heteroatoms. The summed E-state index contributed by atoms with van der Waals surface area (Å²) >= 11 is 0. The SMILES string of the molecule is CC(C)C[C@H](NCc1cc(C(=O)O)ccn1)C(=O)NCC1CCS(=O)(=O)C1. The molecule has 0 aliphatic carbocycles. The molecule has 2 heterocycles. The molecule has 8 nitrogen and oxygen atoms in total. The summed E-state index contributed by atoms with van der Waals surface area (Å²) in [5.74, 6) is -0.649. The molecule has 0 bridgehead atoms. The number of aromatic nitrogens is 1. The third-order valence-electron chi connectivity index (χ3n) is 4.51. The lowest BCUT2D eigenvalue weighted by molar-refractivity contribution is -0.123. The first-order valence-corrected chi connectivity index (χ1v) is 10.9. The van der Waals surface area contributed by atoms with E-state index in [0.717, 1.165) is 0 Å². The quantitative estimate of drug-likeness (QED) is 0.563. The minimum atomic E-state index is -2.96. The molecule has 27 heavy (non-hydrogen) atoms. The van der Waals surface area contributed by atoms with Crippen molar-refractivity contribution in [3.63, 3.8) is 0 Å². The normalized spacial score (nSPS) is 19.7. The van der Waals surface area contributed by atoms with E-state index >= 15 is 0 Å². The first-order valence-electron chi connectivity index (χ1n) is 9.06. The van der Waals surface area contributed by atoms with Gasteiger partial charge < -0.3 is 15.7 Å². The molecule has 2 atom stereocenters. The van der Waals surface area contributed by atoms with E-state index in [1.165, 1.54) is 18.3 Å². The van der Waals surface area contributed by atoms with Crippen LogP contribution in [0.25, 0.3) is 0 Å². The Labute approximate surface area is 159 Å². The molecule has 1 aromatic heterocycles. The molecule has 1 aliphatic heterocycles. The molecular formula is C18H27N3O5S. The van der Waals surface area contributed by atoms with E-state index < -0.39 is 21.8 Å². The molecule has 2 rings (SSSR count). The van der Waals surface area contributed by atoms with Gasteiger partial charge in [0.25, 0.3) is 0 Å². The van der Waals surface area contributed by atoms with Gasteiger partial charge in [-0.3, -0.25) is 9.78 Å². The second kappa shape index (κ2) is 9.27. The summed E-state index contributed by atoms with van der Waals surface area (Å²) in [6, 6.07) is 2.43. The highest BCUT2D eigenvalue weighted by Gasteiger charge is 2.29. The molecule has 1 fully saturated rings. The van der Waals surface area contributed by atoms with Crippen molar-refractivity contribution in [2.45, 2.75) is 39.3 Å². The Bertz CT molecular complexity index is 779. The van der Waals surface area contributed by atoms with Crippen molar-refractivity contribution in [2.24, 2.45) is 11.8 Å². The highest BCUT2D eigenvalue weighted by molar-refractivity contribution is 7.91. The molecule has 0 aromatic carbocycles. The van der Waals surface area contributed by atoms with Crippen LogP contribution < -0.4 is 10.6 Å². The van der Waals surface area contributed by atoms with Crippen molar-refractivity contribution in [1.82, 2.24) is 15.6 Å². The Morgan fingerprint density at radius 2 is 2.11 bits per heavy atom. The fourth-order valence-electron chi connectivity index (χ4n) is 3.09. The third kappa shape index (κ3) is 6.91. The smallest absolute Gasteiger partial charge is 0.335 e. The minimum Gasteiger partial charge on any atom is -0.478 e. The van der Waals surface area contributed by atoms with Crippen LogP contribution in [0.5, 0.6) is 0 Å². The first-order chi connectivity index (χ1) is 12.7. The largest absolute Gasteiger partial charge is 0.478 e. The number of carbonyl (C=O) groups excluding carboxylic acids is 1. The zero-order valence-electron chi connectivity index (χ0n) is 15.6. The van der Waals surface area contributed by atoms with Crippen LogP contribution in [0, 0.1) is 11.8 Å². The Balaban J connectivity index is 1.92. The van der Waals surface area contributed by atoms with Crippen LogP contribution in [0.2, 0.25) is 0 Å². The fraction of sp³-hybridized carbons (Fsp3) is 0.611. The highest BCUT2D eigenvalue weighted by atomic mass is 32.2. The van der Waals surface area contributed by atoms with Gasteiger partial charge in [0.1, 0.15) is 0 Å². The van der Waals surface area contributed by atoms with Crippen LogP contribution in [-0.4, -0.2) is 54.5 Å². The van der Waals surface area contributed by atoms with E-state index in [2.05, 4.69) is 15.6 Å². The molecule has 0 radical (unpaired) electrons. The van der Waals surface area contributed by atoms with Crippen molar-refractivity contribution in [3.05, 3.63) is 29.6 Å². The van der Waals surface area contributed by atoms with E-state index in [1.807, 2.05) is 13.8 Å². The average Bonchev–Trinajstić information content (AvgIpc) is 2.95. The summed E-state index contributed by atoms with van der Waals surface area (Å²) in [5.41, 5.74) is 0.687. The lowest BCUT2D eigenvalue weighted by Gasteiger charge is -2.21.